The minimum absolute atomic E-state index is 0.0701. The average molecular weight is 591 g/mol. The number of hydrogen-bond donors (Lipinski definition) is 3. The highest BCUT2D eigenvalue weighted by atomic mass is 79.9. The van der Waals surface area contributed by atoms with Crippen molar-refractivity contribution in [1.82, 2.24) is 14.9 Å². The minimum Gasteiger partial charge on any atom is -0.492 e. The van der Waals surface area contributed by atoms with E-state index in [9.17, 15) is 22.7 Å². The van der Waals surface area contributed by atoms with Crippen LogP contribution < -0.4 is 15.2 Å². The smallest absolute Gasteiger partial charge is 0.434 e. The molecule has 0 spiro atoms. The summed E-state index contributed by atoms with van der Waals surface area (Å²) < 4.78 is 55.4. The van der Waals surface area contributed by atoms with Crippen LogP contribution in [-0.2, 0) is 15.6 Å². The third-order valence-corrected chi connectivity index (χ3v) is 8.56. The highest BCUT2D eigenvalue weighted by molar-refractivity contribution is 9.10. The van der Waals surface area contributed by atoms with Crippen molar-refractivity contribution >= 4 is 37.6 Å². The molecule has 0 fully saturated rings. The molecular formula is C22H22BrClFN3O6S. The number of H-pyrrole nitrogens is 1. The Balaban J connectivity index is 1.84. The molecule has 0 saturated carbocycles. The number of aromatic amines is 1. The standard InChI is InChI=1S/C22H22BrClFN3O6S/c1-10-14(25)6-4-12(23)16(10)11(2)18(20-26-27-21(29)34-20)28-35(31,32)15-7-5-13(24)17-19(15)33-9-8-22(17,3)30/h4-7,11,18,28,30H,8-9H2,1-3H3,(H,27,29). The number of nitrogens with zero attached hydrogens (tertiary/aromatic N) is 1. The molecule has 1 aliphatic heterocycles. The Morgan fingerprint density at radius 2 is 2.06 bits per heavy atom. The maximum atomic E-state index is 14.4. The van der Waals surface area contributed by atoms with E-state index in [2.05, 4.69) is 30.8 Å². The molecule has 1 aromatic heterocycles. The fourth-order valence-electron chi connectivity index (χ4n) is 4.24. The number of halogens is 3. The Labute approximate surface area is 213 Å². The third kappa shape index (κ3) is 4.77. The van der Waals surface area contributed by atoms with Gasteiger partial charge in [-0.25, -0.2) is 22.7 Å². The first-order chi connectivity index (χ1) is 16.3. The van der Waals surface area contributed by atoms with Crippen LogP contribution in [0.15, 0.2) is 42.8 Å². The van der Waals surface area contributed by atoms with E-state index in [4.69, 9.17) is 20.8 Å². The molecule has 2 aromatic carbocycles. The lowest BCUT2D eigenvalue weighted by atomic mass is 9.90. The van der Waals surface area contributed by atoms with Crippen molar-refractivity contribution in [2.45, 2.75) is 49.6 Å². The largest absolute Gasteiger partial charge is 0.492 e. The van der Waals surface area contributed by atoms with Crippen LogP contribution in [0.2, 0.25) is 5.02 Å². The molecule has 188 valence electrons. The number of ether oxygens (including phenoxy) is 1. The third-order valence-electron chi connectivity index (χ3n) is 6.09. The van der Waals surface area contributed by atoms with Crippen molar-refractivity contribution in [3.05, 3.63) is 72.7 Å². The molecule has 13 heteroatoms. The molecule has 0 aliphatic carbocycles. The summed E-state index contributed by atoms with van der Waals surface area (Å²) >= 11 is 9.67. The van der Waals surface area contributed by atoms with E-state index in [-0.39, 0.29) is 45.7 Å². The lowest BCUT2D eigenvalue weighted by Crippen LogP contribution is -2.35. The van der Waals surface area contributed by atoms with Crippen LogP contribution in [0.25, 0.3) is 0 Å². The monoisotopic (exact) mass is 589 g/mol. The van der Waals surface area contributed by atoms with Crippen LogP contribution in [0.1, 0.15) is 54.8 Å². The van der Waals surface area contributed by atoms with E-state index < -0.39 is 39.2 Å². The summed E-state index contributed by atoms with van der Waals surface area (Å²) in [5, 5.41) is 16.9. The van der Waals surface area contributed by atoms with Crippen molar-refractivity contribution in [3.8, 4) is 5.75 Å². The number of aliphatic hydroxyl groups is 1. The van der Waals surface area contributed by atoms with E-state index in [1.807, 2.05) is 0 Å². The van der Waals surface area contributed by atoms with Gasteiger partial charge in [0.1, 0.15) is 22.5 Å². The SMILES string of the molecule is Cc1c(F)ccc(Br)c1C(C)C(NS(=O)(=O)c1ccc(Cl)c2c1OCCC2(C)O)c1n[nH]c(=O)o1. The van der Waals surface area contributed by atoms with Gasteiger partial charge < -0.3 is 14.3 Å². The Morgan fingerprint density at radius 3 is 2.71 bits per heavy atom. The lowest BCUT2D eigenvalue weighted by molar-refractivity contribution is 0.0135. The van der Waals surface area contributed by atoms with Crippen LogP contribution in [0.4, 0.5) is 4.39 Å². The van der Waals surface area contributed by atoms with E-state index in [1.54, 1.807) is 13.8 Å². The lowest BCUT2D eigenvalue weighted by Gasteiger charge is -2.33. The van der Waals surface area contributed by atoms with E-state index in [0.717, 1.165) is 0 Å². The van der Waals surface area contributed by atoms with Crippen LogP contribution in [0, 0.1) is 12.7 Å². The van der Waals surface area contributed by atoms with Gasteiger partial charge in [0.15, 0.2) is 0 Å². The second kappa shape index (κ2) is 9.32. The zero-order valence-electron chi connectivity index (χ0n) is 18.9. The Bertz CT molecular complexity index is 1460. The summed E-state index contributed by atoms with van der Waals surface area (Å²) in [6, 6.07) is 4.19. The summed E-state index contributed by atoms with van der Waals surface area (Å²) in [6.07, 6.45) is 0.224. The molecule has 0 radical (unpaired) electrons. The van der Waals surface area contributed by atoms with Crippen molar-refractivity contribution in [2.75, 3.05) is 6.61 Å². The van der Waals surface area contributed by atoms with E-state index in [0.29, 0.717) is 10.0 Å². The van der Waals surface area contributed by atoms with Gasteiger partial charge in [-0.15, -0.1) is 5.10 Å². The predicted octanol–water partition coefficient (Wildman–Crippen LogP) is 4.04. The Hall–Kier alpha value is -2.25. The summed E-state index contributed by atoms with van der Waals surface area (Å²) in [7, 11) is -4.37. The zero-order chi connectivity index (χ0) is 25.7. The fraction of sp³-hybridized carbons (Fsp3) is 0.364. The molecule has 35 heavy (non-hydrogen) atoms. The summed E-state index contributed by atoms with van der Waals surface area (Å²) in [4.78, 5) is 11.4. The van der Waals surface area contributed by atoms with Gasteiger partial charge in [-0.05, 0) is 49.2 Å². The molecule has 0 saturated heterocycles. The molecule has 2 heterocycles. The molecule has 3 N–H and O–H groups in total. The molecule has 0 amide bonds. The van der Waals surface area contributed by atoms with Gasteiger partial charge in [0.05, 0.1) is 17.2 Å². The van der Waals surface area contributed by atoms with Crippen molar-refractivity contribution < 1.29 is 27.1 Å². The summed E-state index contributed by atoms with van der Waals surface area (Å²) in [5.74, 6) is -2.41. The number of aromatic nitrogens is 2. The van der Waals surface area contributed by atoms with Gasteiger partial charge in [-0.3, -0.25) is 0 Å². The summed E-state index contributed by atoms with van der Waals surface area (Å²) in [5.41, 5.74) is -0.493. The van der Waals surface area contributed by atoms with Gasteiger partial charge in [0.2, 0.25) is 15.9 Å². The number of rotatable bonds is 6. The first-order valence-corrected chi connectivity index (χ1v) is 13.2. The highest BCUT2D eigenvalue weighted by Gasteiger charge is 2.39. The van der Waals surface area contributed by atoms with Crippen molar-refractivity contribution in [2.24, 2.45) is 0 Å². The molecular weight excluding hydrogens is 569 g/mol. The first-order valence-electron chi connectivity index (χ1n) is 10.5. The highest BCUT2D eigenvalue weighted by Crippen LogP contribution is 2.45. The number of fused-ring (bicyclic) bond motifs is 1. The second-order valence-corrected chi connectivity index (χ2v) is 11.5. The minimum atomic E-state index is -4.37. The molecule has 0 bridgehead atoms. The van der Waals surface area contributed by atoms with Crippen LogP contribution in [0.5, 0.6) is 5.75 Å². The molecule has 9 nitrogen and oxygen atoms in total. The van der Waals surface area contributed by atoms with E-state index in [1.165, 1.54) is 31.2 Å². The maximum absolute atomic E-state index is 14.4. The molecule has 3 aromatic rings. The van der Waals surface area contributed by atoms with Crippen LogP contribution in [-0.4, -0.2) is 30.3 Å². The average Bonchev–Trinajstić information content (AvgIpc) is 3.20. The van der Waals surface area contributed by atoms with Gasteiger partial charge in [0, 0.05) is 22.4 Å². The quantitative estimate of drug-likeness (QED) is 0.394. The number of sulfonamides is 1. The maximum Gasteiger partial charge on any atom is 0.434 e. The van der Waals surface area contributed by atoms with E-state index >= 15 is 0 Å². The van der Waals surface area contributed by atoms with Gasteiger partial charge in [-0.1, -0.05) is 34.5 Å². The fourth-order valence-corrected chi connectivity index (χ4v) is 6.80. The summed E-state index contributed by atoms with van der Waals surface area (Å²) in [6.45, 7) is 4.81. The topological polar surface area (TPSA) is 135 Å². The normalized spacial score (nSPS) is 19.6. The van der Waals surface area contributed by atoms with Gasteiger partial charge in [-0.2, -0.15) is 4.72 Å². The van der Waals surface area contributed by atoms with Crippen molar-refractivity contribution in [1.29, 1.82) is 0 Å². The Morgan fingerprint density at radius 1 is 1.34 bits per heavy atom. The molecule has 1 aliphatic rings. The van der Waals surface area contributed by atoms with Gasteiger partial charge >= 0.3 is 5.76 Å². The van der Waals surface area contributed by atoms with Crippen LogP contribution >= 0.6 is 27.5 Å². The van der Waals surface area contributed by atoms with Crippen molar-refractivity contribution in [3.63, 3.8) is 0 Å². The Kier molecular flexibility index (Phi) is 6.88. The second-order valence-electron chi connectivity index (χ2n) is 8.53. The predicted molar refractivity (Wildman–Crippen MR) is 129 cm³/mol. The molecule has 4 rings (SSSR count). The molecule has 3 unspecified atom stereocenters. The first kappa shape index (κ1) is 25.8. The zero-order valence-corrected chi connectivity index (χ0v) is 22.0. The van der Waals surface area contributed by atoms with Crippen LogP contribution in [0.3, 0.4) is 0 Å². The molecule has 3 atom stereocenters. The van der Waals surface area contributed by atoms with Gasteiger partial charge in [0.25, 0.3) is 0 Å². The number of hydrogen-bond acceptors (Lipinski definition) is 7. The number of benzene rings is 2. The number of nitrogens with one attached hydrogen (secondary N) is 2.